The molecule has 9 heteroatoms. The van der Waals surface area contributed by atoms with Crippen LogP contribution in [0.25, 0.3) is 10.9 Å². The van der Waals surface area contributed by atoms with Crippen molar-refractivity contribution in [2.75, 3.05) is 32.8 Å². The smallest absolute Gasteiger partial charge is 0.409 e. The summed E-state index contributed by atoms with van der Waals surface area (Å²) in [5.41, 5.74) is 1.21. The fourth-order valence-electron chi connectivity index (χ4n) is 5.54. The van der Waals surface area contributed by atoms with Crippen LogP contribution >= 0.6 is 0 Å². The number of hydrogen-bond acceptors (Lipinski definition) is 4. The number of carbonyl (C=O) groups is 3. The first-order valence-electron chi connectivity index (χ1n) is 12.2. The Morgan fingerprint density at radius 2 is 1.85 bits per heavy atom. The second kappa shape index (κ2) is 8.92. The number of benzene rings is 1. The lowest BCUT2D eigenvalue weighted by Crippen LogP contribution is -2.47. The normalized spacial score (nSPS) is 22.1. The molecule has 1 atom stereocenters. The number of likely N-dealkylation sites (tertiary alicyclic amines) is 2. The molecule has 5 rings (SSSR count). The van der Waals surface area contributed by atoms with Crippen molar-refractivity contribution in [2.24, 2.45) is 11.3 Å². The minimum absolute atomic E-state index is 0.00360. The molecule has 1 aliphatic carbocycles. The van der Waals surface area contributed by atoms with E-state index in [4.69, 9.17) is 4.74 Å². The van der Waals surface area contributed by atoms with Crippen molar-refractivity contribution in [3.8, 4) is 0 Å². The summed E-state index contributed by atoms with van der Waals surface area (Å²) in [5.74, 6) is -0.301. The first-order chi connectivity index (χ1) is 16.4. The van der Waals surface area contributed by atoms with Gasteiger partial charge in [-0.1, -0.05) is 0 Å². The van der Waals surface area contributed by atoms with Crippen molar-refractivity contribution < 1.29 is 23.5 Å². The van der Waals surface area contributed by atoms with E-state index in [-0.39, 0.29) is 41.1 Å². The van der Waals surface area contributed by atoms with E-state index in [9.17, 15) is 18.8 Å². The maximum Gasteiger partial charge on any atom is 0.409 e. The average Bonchev–Trinajstić information content (AvgIpc) is 3.36. The first kappa shape index (κ1) is 22.7. The zero-order valence-corrected chi connectivity index (χ0v) is 19.4. The Bertz CT molecular complexity index is 1100. The van der Waals surface area contributed by atoms with Crippen molar-refractivity contribution in [1.82, 2.24) is 20.1 Å². The lowest BCUT2D eigenvalue weighted by atomic mass is 9.90. The number of H-pyrrole nitrogens is 1. The summed E-state index contributed by atoms with van der Waals surface area (Å²) < 4.78 is 18.5. The van der Waals surface area contributed by atoms with Crippen LogP contribution in [-0.4, -0.2) is 71.5 Å². The quantitative estimate of drug-likeness (QED) is 0.717. The summed E-state index contributed by atoms with van der Waals surface area (Å²) >= 11 is 0. The molecule has 8 nitrogen and oxygen atoms in total. The molecule has 3 fully saturated rings. The minimum Gasteiger partial charge on any atom is -0.450 e. The molecule has 1 spiro atoms. The van der Waals surface area contributed by atoms with E-state index < -0.39 is 0 Å². The summed E-state index contributed by atoms with van der Waals surface area (Å²) in [7, 11) is 0. The van der Waals surface area contributed by atoms with E-state index in [1.165, 1.54) is 12.1 Å². The summed E-state index contributed by atoms with van der Waals surface area (Å²) in [5, 5.41) is 3.87. The summed E-state index contributed by atoms with van der Waals surface area (Å²) in [6, 6.07) is 6.22. The minimum atomic E-state index is -0.326. The maximum atomic E-state index is 13.5. The number of piperidine rings is 2. The predicted octanol–water partition coefficient (Wildman–Crippen LogP) is 3.29. The van der Waals surface area contributed by atoms with Crippen molar-refractivity contribution in [1.29, 1.82) is 0 Å². The van der Waals surface area contributed by atoms with E-state index in [1.807, 2.05) is 4.90 Å². The van der Waals surface area contributed by atoms with Crippen LogP contribution in [0, 0.1) is 17.2 Å². The van der Waals surface area contributed by atoms with Crippen LogP contribution in [0.15, 0.2) is 24.3 Å². The molecule has 2 saturated heterocycles. The number of halogens is 1. The van der Waals surface area contributed by atoms with E-state index >= 15 is 0 Å². The van der Waals surface area contributed by atoms with Gasteiger partial charge in [0.15, 0.2) is 0 Å². The molecular weight excluding hydrogens is 439 g/mol. The molecule has 0 radical (unpaired) electrons. The van der Waals surface area contributed by atoms with Gasteiger partial charge in [-0.3, -0.25) is 9.59 Å². The van der Waals surface area contributed by atoms with Crippen LogP contribution in [0.1, 0.15) is 49.5 Å². The highest BCUT2D eigenvalue weighted by Gasteiger charge is 2.59. The molecule has 0 unspecified atom stereocenters. The zero-order valence-electron chi connectivity index (χ0n) is 19.4. The second-order valence-corrected chi connectivity index (χ2v) is 9.79. The lowest BCUT2D eigenvalue weighted by molar-refractivity contribution is -0.124. The fraction of sp³-hybridized carbons (Fsp3) is 0.560. The van der Waals surface area contributed by atoms with Gasteiger partial charge in [0.1, 0.15) is 11.5 Å². The van der Waals surface area contributed by atoms with Crippen molar-refractivity contribution >= 4 is 28.8 Å². The van der Waals surface area contributed by atoms with Crippen molar-refractivity contribution in [2.45, 2.75) is 45.1 Å². The van der Waals surface area contributed by atoms with Gasteiger partial charge in [0.05, 0.1) is 6.61 Å². The van der Waals surface area contributed by atoms with E-state index in [2.05, 4.69) is 10.3 Å². The van der Waals surface area contributed by atoms with Crippen molar-refractivity contribution in [3.05, 3.63) is 35.8 Å². The van der Waals surface area contributed by atoms with E-state index in [1.54, 1.807) is 24.0 Å². The van der Waals surface area contributed by atoms with Gasteiger partial charge < -0.3 is 24.8 Å². The Morgan fingerprint density at radius 3 is 2.56 bits per heavy atom. The molecule has 3 aliphatic rings. The summed E-state index contributed by atoms with van der Waals surface area (Å²) in [4.78, 5) is 44.3. The predicted molar refractivity (Wildman–Crippen MR) is 124 cm³/mol. The monoisotopic (exact) mass is 470 g/mol. The van der Waals surface area contributed by atoms with Crippen LogP contribution in [-0.2, 0) is 9.53 Å². The number of aromatic nitrogens is 1. The van der Waals surface area contributed by atoms with Gasteiger partial charge in [-0.2, -0.15) is 0 Å². The van der Waals surface area contributed by atoms with Gasteiger partial charge in [0.2, 0.25) is 5.91 Å². The Hall–Kier alpha value is -3.10. The molecule has 2 aliphatic heterocycles. The molecule has 182 valence electrons. The number of amides is 3. The van der Waals surface area contributed by atoms with Gasteiger partial charge in [-0.15, -0.1) is 0 Å². The van der Waals surface area contributed by atoms with Crippen LogP contribution in [0.5, 0.6) is 0 Å². The first-order valence-corrected chi connectivity index (χ1v) is 12.2. The number of nitrogens with zero attached hydrogens (tertiary/aromatic N) is 2. The average molecular weight is 471 g/mol. The standard InChI is InChI=1S/C25H31FN4O4/c1-2-34-24(33)30-9-5-18(6-10-30)27-22(31)19-15-25(19)7-11-29(12-8-25)23(32)21-14-16-13-17(26)3-4-20(16)28-21/h3-4,13-14,18-19,28H,2,5-12,15H2,1H3,(H,27,31)/t19-/m1/s1. The molecule has 3 heterocycles. The van der Waals surface area contributed by atoms with E-state index in [0.717, 1.165) is 37.6 Å². The molecule has 1 aromatic heterocycles. The second-order valence-electron chi connectivity index (χ2n) is 9.79. The topological polar surface area (TPSA) is 94.7 Å². The van der Waals surface area contributed by atoms with Crippen molar-refractivity contribution in [3.63, 3.8) is 0 Å². The van der Waals surface area contributed by atoms with Crippen LogP contribution in [0.4, 0.5) is 9.18 Å². The summed E-state index contributed by atoms with van der Waals surface area (Å²) in [6.07, 6.45) is 3.69. The molecule has 2 aromatic rings. The third-order valence-electron chi connectivity index (χ3n) is 7.73. The molecule has 0 bridgehead atoms. The number of aromatic amines is 1. The Balaban J connectivity index is 1.10. The summed E-state index contributed by atoms with van der Waals surface area (Å²) in [6.45, 7) is 4.58. The molecule has 1 saturated carbocycles. The Kier molecular flexibility index (Phi) is 5.95. The molecule has 34 heavy (non-hydrogen) atoms. The van der Waals surface area contributed by atoms with Gasteiger partial charge in [0, 0.05) is 49.0 Å². The number of fused-ring (bicyclic) bond motifs is 1. The van der Waals surface area contributed by atoms with Gasteiger partial charge >= 0.3 is 6.09 Å². The van der Waals surface area contributed by atoms with Gasteiger partial charge in [-0.05, 0) is 68.7 Å². The number of ether oxygens (including phenoxy) is 1. The van der Waals surface area contributed by atoms with E-state index in [0.29, 0.717) is 43.9 Å². The number of carbonyl (C=O) groups excluding carboxylic acids is 3. The molecule has 2 N–H and O–H groups in total. The number of nitrogens with one attached hydrogen (secondary N) is 2. The Morgan fingerprint density at radius 1 is 1.12 bits per heavy atom. The van der Waals surface area contributed by atoms with Gasteiger partial charge in [-0.25, -0.2) is 9.18 Å². The van der Waals surface area contributed by atoms with Crippen LogP contribution in [0.3, 0.4) is 0 Å². The highest BCUT2D eigenvalue weighted by Crippen LogP contribution is 2.59. The van der Waals surface area contributed by atoms with Crippen LogP contribution in [0.2, 0.25) is 0 Å². The molecule has 3 amide bonds. The molecular formula is C25H31FN4O4. The lowest BCUT2D eigenvalue weighted by Gasteiger charge is -2.33. The number of rotatable bonds is 4. The molecule has 1 aromatic carbocycles. The maximum absolute atomic E-state index is 13.5. The third kappa shape index (κ3) is 4.35. The number of hydrogen-bond donors (Lipinski definition) is 2. The Labute approximate surface area is 197 Å². The third-order valence-corrected chi connectivity index (χ3v) is 7.73. The SMILES string of the molecule is CCOC(=O)N1CCC(NC(=O)[C@H]2CC23CCN(C(=O)c2cc4cc(F)ccc4[nH]2)CC3)CC1. The largest absolute Gasteiger partial charge is 0.450 e. The van der Waals surface area contributed by atoms with Gasteiger partial charge in [0.25, 0.3) is 5.91 Å². The zero-order chi connectivity index (χ0) is 23.9. The highest BCUT2D eigenvalue weighted by molar-refractivity contribution is 5.98. The van der Waals surface area contributed by atoms with Crippen LogP contribution < -0.4 is 5.32 Å². The highest BCUT2D eigenvalue weighted by atomic mass is 19.1. The fourth-order valence-corrected chi connectivity index (χ4v) is 5.54.